The van der Waals surface area contributed by atoms with Gasteiger partial charge >= 0.3 is 11.9 Å². The summed E-state index contributed by atoms with van der Waals surface area (Å²) in [5.74, 6) is 4.55. The Morgan fingerprint density at radius 2 is 1.61 bits per heavy atom. The van der Waals surface area contributed by atoms with Gasteiger partial charge in [-0.3, -0.25) is 4.79 Å². The molecule has 4 saturated carbocycles. The van der Waals surface area contributed by atoms with Crippen molar-refractivity contribution in [1.82, 2.24) is 0 Å². The number of hydrogen-bond acceptors (Lipinski definition) is 4. The number of halogens is 1. The fraction of sp³-hybridized carbons (Fsp3) is 0.938. The van der Waals surface area contributed by atoms with E-state index in [0.717, 1.165) is 60.5 Å². The van der Waals surface area contributed by atoms with Gasteiger partial charge in [-0.15, -0.1) is 0 Å². The quantitative estimate of drug-likeness (QED) is 0.359. The molecule has 5 fully saturated rings. The summed E-state index contributed by atoms with van der Waals surface area (Å²) < 4.78 is 11.9. The first kappa shape index (κ1) is 30.2. The molecule has 9 atom stereocenters. The minimum Gasteiger partial charge on any atom is -1.00 e. The molecular formula is C32H54ClNO4. The maximum atomic E-state index is 12.8. The molecule has 5 aliphatic rings. The second-order valence-corrected chi connectivity index (χ2v) is 14.8. The number of quaternary nitrogens is 1. The van der Waals surface area contributed by atoms with Crippen LogP contribution >= 0.6 is 0 Å². The average Bonchev–Trinajstić information content (AvgIpc) is 3.45. The fourth-order valence-corrected chi connectivity index (χ4v) is 10.7. The van der Waals surface area contributed by atoms with E-state index in [1.165, 1.54) is 64.9 Å². The Bertz CT molecular complexity index is 858. The van der Waals surface area contributed by atoms with Crippen LogP contribution in [0.3, 0.4) is 0 Å². The summed E-state index contributed by atoms with van der Waals surface area (Å²) in [6.45, 7) is 10.4. The SMILES string of the molecule is COC(=O)CC[C@@H](C)[C@H]1CC[C@H]2[C@@H]3CC[C@@H]4C[C@H](OC(=O)C[N+]5(C)CCCC5)CC[C@]4(C)[C@H]3CC[C@]12C.[Cl-]. The molecule has 1 heterocycles. The third-order valence-electron chi connectivity index (χ3n) is 12.9. The van der Waals surface area contributed by atoms with E-state index in [-0.39, 0.29) is 30.4 Å². The highest BCUT2D eigenvalue weighted by Gasteiger charge is 2.60. The first-order chi connectivity index (χ1) is 17.6. The van der Waals surface area contributed by atoms with E-state index in [4.69, 9.17) is 9.47 Å². The van der Waals surface area contributed by atoms with Crippen molar-refractivity contribution in [2.24, 2.45) is 46.3 Å². The van der Waals surface area contributed by atoms with E-state index >= 15 is 0 Å². The number of likely N-dealkylation sites (N-methyl/N-ethyl adjacent to an activating group) is 1. The van der Waals surface area contributed by atoms with Crippen LogP contribution in [-0.2, 0) is 19.1 Å². The molecule has 0 unspecified atom stereocenters. The molecule has 0 bridgehead atoms. The number of carbonyl (C=O) groups is 2. The predicted molar refractivity (Wildman–Crippen MR) is 146 cm³/mol. The molecule has 0 radical (unpaired) electrons. The summed E-state index contributed by atoms with van der Waals surface area (Å²) >= 11 is 0. The zero-order valence-electron chi connectivity index (χ0n) is 24.8. The third kappa shape index (κ3) is 5.54. The van der Waals surface area contributed by atoms with E-state index in [1.54, 1.807) is 0 Å². The summed E-state index contributed by atoms with van der Waals surface area (Å²) in [6, 6.07) is 0. The fourth-order valence-electron chi connectivity index (χ4n) is 10.7. The van der Waals surface area contributed by atoms with Crippen molar-refractivity contribution in [3.8, 4) is 0 Å². The van der Waals surface area contributed by atoms with Crippen molar-refractivity contribution < 1.29 is 36.0 Å². The topological polar surface area (TPSA) is 52.6 Å². The molecule has 6 heteroatoms. The Kier molecular flexibility index (Phi) is 9.20. The second-order valence-electron chi connectivity index (χ2n) is 14.8. The van der Waals surface area contributed by atoms with Crippen molar-refractivity contribution in [3.63, 3.8) is 0 Å². The molecule has 38 heavy (non-hydrogen) atoms. The molecule has 4 aliphatic carbocycles. The average molecular weight is 552 g/mol. The first-order valence-electron chi connectivity index (χ1n) is 15.7. The number of esters is 2. The zero-order chi connectivity index (χ0) is 26.4. The normalized spacial score (nSPS) is 42.1. The lowest BCUT2D eigenvalue weighted by Crippen LogP contribution is -3.00. The highest BCUT2D eigenvalue weighted by molar-refractivity contribution is 5.70. The van der Waals surface area contributed by atoms with Crippen molar-refractivity contribution in [1.29, 1.82) is 0 Å². The van der Waals surface area contributed by atoms with Gasteiger partial charge in [-0.2, -0.15) is 0 Å². The Morgan fingerprint density at radius 1 is 0.921 bits per heavy atom. The first-order valence-corrected chi connectivity index (χ1v) is 15.7. The molecule has 0 aromatic carbocycles. The highest BCUT2D eigenvalue weighted by atomic mass is 35.5. The molecule has 0 N–H and O–H groups in total. The van der Waals surface area contributed by atoms with Crippen LogP contribution in [0.2, 0.25) is 0 Å². The minimum absolute atomic E-state index is 0. The Labute approximate surface area is 238 Å². The van der Waals surface area contributed by atoms with E-state index in [2.05, 4.69) is 27.8 Å². The van der Waals surface area contributed by atoms with Crippen LogP contribution in [0.1, 0.15) is 104 Å². The number of rotatable bonds is 7. The van der Waals surface area contributed by atoms with E-state index < -0.39 is 0 Å². The van der Waals surface area contributed by atoms with Gasteiger partial charge in [0.25, 0.3) is 0 Å². The summed E-state index contributed by atoms with van der Waals surface area (Å²) in [7, 11) is 3.73. The van der Waals surface area contributed by atoms with Gasteiger partial charge in [0.1, 0.15) is 6.10 Å². The highest BCUT2D eigenvalue weighted by Crippen LogP contribution is 2.68. The van der Waals surface area contributed by atoms with Crippen LogP contribution < -0.4 is 12.4 Å². The second kappa shape index (κ2) is 11.6. The minimum atomic E-state index is -0.0606. The summed E-state index contributed by atoms with van der Waals surface area (Å²) in [4.78, 5) is 24.6. The molecule has 5 rings (SSSR count). The van der Waals surface area contributed by atoms with Gasteiger partial charge in [0, 0.05) is 19.3 Å². The number of fused-ring (bicyclic) bond motifs is 5. The van der Waals surface area contributed by atoms with Crippen LogP contribution in [0.5, 0.6) is 0 Å². The third-order valence-corrected chi connectivity index (χ3v) is 12.9. The molecule has 1 saturated heterocycles. The monoisotopic (exact) mass is 551 g/mol. The van der Waals surface area contributed by atoms with Crippen LogP contribution in [0.25, 0.3) is 0 Å². The van der Waals surface area contributed by atoms with E-state index in [0.29, 0.717) is 35.6 Å². The standard InChI is InChI=1S/C32H54NO4.ClH/c1-22(8-13-29(34)36-5)26-11-12-27-25-10-9-23-20-24(37-30(35)21-33(4)18-6-7-19-33)14-16-31(23,2)28(25)15-17-32(26,27)3;/h22-28H,6-21H2,1-5H3;1H/q+1;/p-1/t22-,23-,24-,25+,26-,27+,28+,31+,32-;/m1./s1. The lowest BCUT2D eigenvalue weighted by atomic mass is 9.44. The lowest BCUT2D eigenvalue weighted by Gasteiger charge is -2.61. The number of nitrogens with zero attached hydrogens (tertiary/aromatic N) is 1. The van der Waals surface area contributed by atoms with Crippen molar-refractivity contribution in [3.05, 3.63) is 0 Å². The molecule has 5 nitrogen and oxygen atoms in total. The van der Waals surface area contributed by atoms with Crippen LogP contribution in [-0.4, -0.2) is 56.3 Å². The molecule has 0 amide bonds. The molecule has 1 aliphatic heterocycles. The molecule has 0 spiro atoms. The maximum Gasteiger partial charge on any atom is 0.362 e. The van der Waals surface area contributed by atoms with E-state index in [1.807, 2.05) is 0 Å². The van der Waals surface area contributed by atoms with Gasteiger partial charge in [-0.05, 0) is 111 Å². The van der Waals surface area contributed by atoms with Gasteiger partial charge in [0.05, 0.1) is 27.2 Å². The maximum absolute atomic E-state index is 12.8. The number of hydrogen-bond donors (Lipinski definition) is 0. The zero-order valence-corrected chi connectivity index (χ0v) is 25.6. The van der Waals surface area contributed by atoms with Gasteiger partial charge in [-0.1, -0.05) is 20.8 Å². The molecule has 0 aromatic rings. The predicted octanol–water partition coefficient (Wildman–Crippen LogP) is 3.39. The molecular weight excluding hydrogens is 498 g/mol. The van der Waals surface area contributed by atoms with Gasteiger partial charge < -0.3 is 26.4 Å². The largest absolute Gasteiger partial charge is 1.00 e. The van der Waals surface area contributed by atoms with E-state index in [9.17, 15) is 9.59 Å². The lowest BCUT2D eigenvalue weighted by molar-refractivity contribution is -0.890. The summed E-state index contributed by atoms with van der Waals surface area (Å²) in [5, 5.41) is 0. The van der Waals surface area contributed by atoms with Crippen molar-refractivity contribution in [2.75, 3.05) is 33.8 Å². The smallest absolute Gasteiger partial charge is 0.362 e. The molecule has 0 aromatic heterocycles. The van der Waals surface area contributed by atoms with Gasteiger partial charge in [0.2, 0.25) is 0 Å². The van der Waals surface area contributed by atoms with Crippen molar-refractivity contribution >= 4 is 11.9 Å². The van der Waals surface area contributed by atoms with Crippen LogP contribution in [0.15, 0.2) is 0 Å². The number of likely N-dealkylation sites (tertiary alicyclic amines) is 1. The number of methoxy groups -OCH3 is 1. The van der Waals surface area contributed by atoms with Gasteiger partial charge in [0.15, 0.2) is 6.54 Å². The van der Waals surface area contributed by atoms with Gasteiger partial charge in [-0.25, -0.2) is 4.79 Å². The Hall–Kier alpha value is -0.810. The number of ether oxygens (including phenoxy) is 2. The van der Waals surface area contributed by atoms with Crippen LogP contribution in [0.4, 0.5) is 0 Å². The summed E-state index contributed by atoms with van der Waals surface area (Å²) in [5.41, 5.74) is 0.844. The van der Waals surface area contributed by atoms with Crippen LogP contribution in [0, 0.1) is 46.3 Å². The van der Waals surface area contributed by atoms with Crippen molar-refractivity contribution in [2.45, 2.75) is 110 Å². The Balaban J connectivity index is 0.00000336. The molecule has 218 valence electrons. The Morgan fingerprint density at radius 3 is 2.32 bits per heavy atom. The number of carbonyl (C=O) groups excluding carboxylic acids is 2. The summed E-state index contributed by atoms with van der Waals surface area (Å²) in [6.07, 6.45) is 15.6.